The summed E-state index contributed by atoms with van der Waals surface area (Å²) in [5.41, 5.74) is -0.157. The molecule has 3 aromatic rings. The van der Waals surface area contributed by atoms with E-state index in [-0.39, 0.29) is 22.2 Å². The minimum atomic E-state index is -0.562. The number of fused-ring (bicyclic) bond motifs is 1. The van der Waals surface area contributed by atoms with Crippen molar-refractivity contribution < 1.29 is 14.5 Å². The van der Waals surface area contributed by atoms with E-state index in [9.17, 15) is 14.9 Å². The van der Waals surface area contributed by atoms with E-state index in [0.29, 0.717) is 0 Å². The lowest BCUT2D eigenvalue weighted by atomic mass is 10.1. The fraction of sp³-hybridized carbons (Fsp3) is 0.0556. The van der Waals surface area contributed by atoms with Crippen LogP contribution in [0.2, 0.25) is 5.02 Å². The Hall–Kier alpha value is -2.57. The minimum absolute atomic E-state index is 0.0262. The van der Waals surface area contributed by atoms with Gasteiger partial charge in [0, 0.05) is 17.0 Å². The number of halogens is 1. The summed E-state index contributed by atoms with van der Waals surface area (Å²) in [4.78, 5) is 23.0. The van der Waals surface area contributed by atoms with Gasteiger partial charge in [0.2, 0.25) is 0 Å². The van der Waals surface area contributed by atoms with Gasteiger partial charge in [-0.2, -0.15) is 0 Å². The number of non-ortho nitro benzene ring substituents is 1. The summed E-state index contributed by atoms with van der Waals surface area (Å²) < 4.78 is 5.17. The highest BCUT2D eigenvalue weighted by Gasteiger charge is 2.13. The molecule has 0 aliphatic carbocycles. The Kier molecular flexibility index (Phi) is 5.21. The second kappa shape index (κ2) is 7.55. The van der Waals surface area contributed by atoms with Crippen LogP contribution >= 0.6 is 23.4 Å². The number of benzene rings is 3. The van der Waals surface area contributed by atoms with Crippen LogP contribution in [0.15, 0.2) is 65.6 Å². The van der Waals surface area contributed by atoms with E-state index in [2.05, 4.69) is 0 Å². The predicted octanol–water partition coefficient (Wildman–Crippen LogP) is 5.10. The molecule has 0 aliphatic heterocycles. The first kappa shape index (κ1) is 17.3. The zero-order valence-electron chi connectivity index (χ0n) is 12.8. The lowest BCUT2D eigenvalue weighted by Crippen LogP contribution is -2.11. The highest BCUT2D eigenvalue weighted by molar-refractivity contribution is 8.00. The SMILES string of the molecule is O=C(CSc1ccc2ccccc2c1)Oc1ccc([N+](=O)[O-])cc1Cl. The van der Waals surface area contributed by atoms with Gasteiger partial charge in [-0.05, 0) is 29.0 Å². The van der Waals surface area contributed by atoms with Gasteiger partial charge in [-0.1, -0.05) is 41.9 Å². The highest BCUT2D eigenvalue weighted by atomic mass is 35.5. The van der Waals surface area contributed by atoms with Gasteiger partial charge in [-0.25, -0.2) is 0 Å². The summed E-state index contributed by atoms with van der Waals surface area (Å²) in [5, 5.41) is 12.9. The Labute approximate surface area is 152 Å². The van der Waals surface area contributed by atoms with Crippen molar-refractivity contribution in [2.75, 3.05) is 5.75 Å². The van der Waals surface area contributed by atoms with Crippen LogP contribution in [0.1, 0.15) is 0 Å². The van der Waals surface area contributed by atoms with Crippen molar-refractivity contribution >= 4 is 45.8 Å². The van der Waals surface area contributed by atoms with E-state index in [1.54, 1.807) is 0 Å². The van der Waals surface area contributed by atoms with E-state index in [0.717, 1.165) is 21.7 Å². The largest absolute Gasteiger partial charge is 0.424 e. The molecule has 7 heteroatoms. The number of hydrogen-bond donors (Lipinski definition) is 0. The second-order valence-electron chi connectivity index (χ2n) is 5.14. The quantitative estimate of drug-likeness (QED) is 0.204. The summed E-state index contributed by atoms with van der Waals surface area (Å²) in [6.45, 7) is 0. The van der Waals surface area contributed by atoms with Crippen LogP contribution in [0.4, 0.5) is 5.69 Å². The lowest BCUT2D eigenvalue weighted by molar-refractivity contribution is -0.384. The Morgan fingerprint density at radius 2 is 1.84 bits per heavy atom. The third-order valence-corrected chi connectivity index (χ3v) is 4.69. The molecule has 3 rings (SSSR count). The summed E-state index contributed by atoms with van der Waals surface area (Å²) in [7, 11) is 0. The van der Waals surface area contributed by atoms with Crippen LogP contribution in [0.25, 0.3) is 10.8 Å². The van der Waals surface area contributed by atoms with Gasteiger partial charge in [0.15, 0.2) is 0 Å². The van der Waals surface area contributed by atoms with Crippen molar-refractivity contribution in [2.24, 2.45) is 0 Å². The molecule has 0 heterocycles. The Balaban J connectivity index is 1.63. The van der Waals surface area contributed by atoms with Gasteiger partial charge in [0.1, 0.15) is 5.75 Å². The van der Waals surface area contributed by atoms with E-state index < -0.39 is 10.9 Å². The molecule has 126 valence electrons. The van der Waals surface area contributed by atoms with Gasteiger partial charge in [0.05, 0.1) is 15.7 Å². The van der Waals surface area contributed by atoms with Crippen LogP contribution in [0, 0.1) is 10.1 Å². The number of ether oxygens (including phenoxy) is 1. The molecule has 0 spiro atoms. The molecule has 3 aromatic carbocycles. The van der Waals surface area contributed by atoms with Gasteiger partial charge in [-0.3, -0.25) is 14.9 Å². The molecular weight excluding hydrogens is 362 g/mol. The molecule has 25 heavy (non-hydrogen) atoms. The third kappa shape index (κ3) is 4.29. The first-order valence-corrected chi connectivity index (χ1v) is 8.65. The molecule has 0 saturated heterocycles. The molecule has 0 unspecified atom stereocenters. The Morgan fingerprint density at radius 3 is 2.56 bits per heavy atom. The number of carbonyl (C=O) groups excluding carboxylic acids is 1. The van der Waals surface area contributed by atoms with Crippen LogP contribution in [0.5, 0.6) is 5.75 Å². The minimum Gasteiger partial charge on any atom is -0.424 e. The zero-order chi connectivity index (χ0) is 17.8. The maximum Gasteiger partial charge on any atom is 0.321 e. The number of rotatable bonds is 5. The first-order chi connectivity index (χ1) is 12.0. The molecular formula is C18H12ClNO4S. The van der Waals surface area contributed by atoms with Crippen molar-refractivity contribution in [3.63, 3.8) is 0 Å². The maximum atomic E-state index is 12.0. The number of nitro benzene ring substituents is 1. The first-order valence-electron chi connectivity index (χ1n) is 7.29. The highest BCUT2D eigenvalue weighted by Crippen LogP contribution is 2.29. The van der Waals surface area contributed by atoms with Crippen molar-refractivity contribution in [2.45, 2.75) is 4.90 Å². The molecule has 0 bridgehead atoms. The lowest BCUT2D eigenvalue weighted by Gasteiger charge is -2.06. The zero-order valence-corrected chi connectivity index (χ0v) is 14.4. The molecule has 0 amide bonds. The van der Waals surface area contributed by atoms with Crippen LogP contribution in [-0.2, 0) is 4.79 Å². The molecule has 0 saturated carbocycles. The summed E-state index contributed by atoms with van der Waals surface area (Å²) >= 11 is 7.26. The number of hydrogen-bond acceptors (Lipinski definition) is 5. The fourth-order valence-electron chi connectivity index (χ4n) is 2.24. The Morgan fingerprint density at radius 1 is 1.08 bits per heavy atom. The molecule has 0 aliphatic rings. The third-order valence-electron chi connectivity index (χ3n) is 3.43. The summed E-state index contributed by atoms with van der Waals surface area (Å²) in [5.74, 6) is -0.267. The van der Waals surface area contributed by atoms with Gasteiger partial charge in [0.25, 0.3) is 5.69 Å². The fourth-order valence-corrected chi connectivity index (χ4v) is 3.17. The molecule has 5 nitrogen and oxygen atoms in total. The topological polar surface area (TPSA) is 69.4 Å². The summed E-state index contributed by atoms with van der Waals surface area (Å²) in [6.07, 6.45) is 0. The van der Waals surface area contributed by atoms with E-state index in [1.807, 2.05) is 42.5 Å². The van der Waals surface area contributed by atoms with Crippen molar-refractivity contribution in [1.29, 1.82) is 0 Å². The number of esters is 1. The van der Waals surface area contributed by atoms with E-state index in [4.69, 9.17) is 16.3 Å². The number of thioether (sulfide) groups is 1. The number of nitrogens with zero attached hydrogens (tertiary/aromatic N) is 1. The molecule has 0 fully saturated rings. The van der Waals surface area contributed by atoms with Gasteiger partial charge >= 0.3 is 5.97 Å². The van der Waals surface area contributed by atoms with Gasteiger partial charge < -0.3 is 4.74 Å². The summed E-state index contributed by atoms with van der Waals surface area (Å²) in [6, 6.07) is 17.6. The second-order valence-corrected chi connectivity index (χ2v) is 6.60. The van der Waals surface area contributed by atoms with Crippen molar-refractivity contribution in [1.82, 2.24) is 0 Å². The predicted molar refractivity (Wildman–Crippen MR) is 98.4 cm³/mol. The molecule has 0 atom stereocenters. The average Bonchev–Trinajstić information content (AvgIpc) is 2.61. The monoisotopic (exact) mass is 373 g/mol. The normalized spacial score (nSPS) is 10.6. The molecule has 0 aromatic heterocycles. The molecule has 0 N–H and O–H groups in total. The average molecular weight is 374 g/mol. The van der Waals surface area contributed by atoms with Crippen molar-refractivity contribution in [3.8, 4) is 5.75 Å². The van der Waals surface area contributed by atoms with Crippen molar-refractivity contribution in [3.05, 3.63) is 75.8 Å². The number of nitro groups is 1. The maximum absolute atomic E-state index is 12.0. The smallest absolute Gasteiger partial charge is 0.321 e. The number of carbonyl (C=O) groups is 1. The van der Waals surface area contributed by atoms with Crippen LogP contribution < -0.4 is 4.74 Å². The van der Waals surface area contributed by atoms with Crippen LogP contribution in [0.3, 0.4) is 0 Å². The van der Waals surface area contributed by atoms with E-state index >= 15 is 0 Å². The standard InChI is InChI=1S/C18H12ClNO4S/c19-16-10-14(20(22)23)6-8-17(16)24-18(21)11-25-15-7-5-12-3-1-2-4-13(12)9-15/h1-10H,11H2. The van der Waals surface area contributed by atoms with Crippen LogP contribution in [-0.4, -0.2) is 16.6 Å². The van der Waals surface area contributed by atoms with E-state index in [1.165, 1.54) is 23.9 Å². The Bertz CT molecular complexity index is 961. The molecule has 0 radical (unpaired) electrons. The van der Waals surface area contributed by atoms with Gasteiger partial charge in [-0.15, -0.1) is 11.8 Å².